The lowest BCUT2D eigenvalue weighted by molar-refractivity contribution is 0.0259. The number of nitrogen functional groups attached to an aromatic ring is 1. The lowest BCUT2D eigenvalue weighted by Crippen LogP contribution is -2.37. The molecule has 3 aromatic rings. The van der Waals surface area contributed by atoms with Crippen LogP contribution >= 0.6 is 0 Å². The molecule has 0 unspecified atom stereocenters. The molecule has 2 saturated heterocycles. The second kappa shape index (κ2) is 12.9. The van der Waals surface area contributed by atoms with Crippen LogP contribution in [-0.2, 0) is 9.47 Å². The number of nitrogens with zero attached hydrogens (tertiary/aromatic N) is 3. The summed E-state index contributed by atoms with van der Waals surface area (Å²) < 4.78 is 36.9. The minimum Gasteiger partial charge on any atom is -0.490 e. The third kappa shape index (κ3) is 7.09. The quantitative estimate of drug-likeness (QED) is 0.298. The van der Waals surface area contributed by atoms with Crippen molar-refractivity contribution in [3.05, 3.63) is 54.5 Å². The van der Waals surface area contributed by atoms with Crippen molar-refractivity contribution in [2.45, 2.75) is 25.4 Å². The lowest BCUT2D eigenvalue weighted by Gasteiger charge is -2.26. The van der Waals surface area contributed by atoms with Crippen molar-refractivity contribution in [2.24, 2.45) is 0 Å². The van der Waals surface area contributed by atoms with Crippen molar-refractivity contribution in [3.8, 4) is 22.8 Å². The maximum atomic E-state index is 14.4. The first kappa shape index (κ1) is 26.1. The Kier molecular flexibility index (Phi) is 8.85. The van der Waals surface area contributed by atoms with Crippen LogP contribution in [0.15, 0.2) is 48.7 Å². The van der Waals surface area contributed by atoms with Crippen LogP contribution in [0.1, 0.15) is 19.3 Å². The Morgan fingerprint density at radius 2 is 1.82 bits per heavy atom. The molecule has 0 saturated carbocycles. The molecule has 1 aromatic heterocycles. The fraction of sp³-hybridized carbons (Fsp3) is 0.429. The topological polar surface area (TPSA) is 104 Å². The number of anilines is 3. The van der Waals surface area contributed by atoms with E-state index >= 15 is 0 Å². The van der Waals surface area contributed by atoms with Crippen LogP contribution in [0, 0.1) is 5.82 Å². The SMILES string of the molecule is Nc1cc(-c2ccnc(Nc3ccc(F)c(OCCCN4CCOCC4)c3)n2)ccc1OC1CCOCC1. The molecular formula is C28H34FN5O4. The molecular weight excluding hydrogens is 489 g/mol. The molecule has 9 nitrogen and oxygen atoms in total. The second-order valence-electron chi connectivity index (χ2n) is 9.37. The van der Waals surface area contributed by atoms with Crippen LogP contribution in [0.5, 0.6) is 11.5 Å². The monoisotopic (exact) mass is 523 g/mol. The van der Waals surface area contributed by atoms with E-state index in [9.17, 15) is 4.39 Å². The van der Waals surface area contributed by atoms with Crippen LogP contribution in [0.25, 0.3) is 11.3 Å². The fourth-order valence-corrected chi connectivity index (χ4v) is 4.48. The first-order valence-electron chi connectivity index (χ1n) is 13.1. The van der Waals surface area contributed by atoms with Gasteiger partial charge in [-0.2, -0.15) is 0 Å². The van der Waals surface area contributed by atoms with E-state index in [-0.39, 0.29) is 11.9 Å². The molecule has 0 atom stereocenters. The molecule has 2 aromatic carbocycles. The smallest absolute Gasteiger partial charge is 0.227 e. The van der Waals surface area contributed by atoms with E-state index < -0.39 is 5.82 Å². The van der Waals surface area contributed by atoms with Crippen molar-refractivity contribution in [2.75, 3.05) is 63.7 Å². The van der Waals surface area contributed by atoms with E-state index in [2.05, 4.69) is 20.2 Å². The second-order valence-corrected chi connectivity index (χ2v) is 9.37. The van der Waals surface area contributed by atoms with Crippen LogP contribution < -0.4 is 20.5 Å². The highest BCUT2D eigenvalue weighted by atomic mass is 19.1. The highest BCUT2D eigenvalue weighted by Crippen LogP contribution is 2.30. The maximum absolute atomic E-state index is 14.4. The molecule has 5 rings (SSSR count). The van der Waals surface area contributed by atoms with Gasteiger partial charge in [0.1, 0.15) is 11.9 Å². The molecule has 0 bridgehead atoms. The van der Waals surface area contributed by atoms with Gasteiger partial charge in [0.05, 0.1) is 44.4 Å². The molecule has 3 heterocycles. The molecule has 2 fully saturated rings. The fourth-order valence-electron chi connectivity index (χ4n) is 4.48. The highest BCUT2D eigenvalue weighted by molar-refractivity contribution is 5.69. The predicted octanol–water partition coefficient (Wildman–Crippen LogP) is 4.27. The molecule has 10 heteroatoms. The summed E-state index contributed by atoms with van der Waals surface area (Å²) in [6.45, 7) is 6.11. The number of hydrogen-bond acceptors (Lipinski definition) is 9. The van der Waals surface area contributed by atoms with E-state index in [1.807, 2.05) is 24.3 Å². The van der Waals surface area contributed by atoms with Gasteiger partial charge in [-0.05, 0) is 42.8 Å². The zero-order chi connectivity index (χ0) is 26.2. The highest BCUT2D eigenvalue weighted by Gasteiger charge is 2.17. The van der Waals surface area contributed by atoms with Crippen LogP contribution in [0.3, 0.4) is 0 Å². The Bertz CT molecular complexity index is 1200. The molecule has 0 aliphatic carbocycles. The number of ether oxygens (including phenoxy) is 4. The first-order valence-corrected chi connectivity index (χ1v) is 13.1. The largest absolute Gasteiger partial charge is 0.490 e. The number of halogens is 1. The molecule has 0 spiro atoms. The molecule has 202 valence electrons. The summed E-state index contributed by atoms with van der Waals surface area (Å²) in [5.41, 5.74) is 9.02. The summed E-state index contributed by atoms with van der Waals surface area (Å²) in [4.78, 5) is 11.3. The summed E-state index contributed by atoms with van der Waals surface area (Å²) in [5, 5.41) is 3.15. The minimum absolute atomic E-state index is 0.112. The third-order valence-electron chi connectivity index (χ3n) is 6.59. The minimum atomic E-state index is -0.407. The van der Waals surface area contributed by atoms with Gasteiger partial charge < -0.3 is 30.0 Å². The number of nitrogens with one attached hydrogen (secondary N) is 1. The summed E-state index contributed by atoms with van der Waals surface area (Å²) >= 11 is 0. The molecule has 2 aliphatic rings. The van der Waals surface area contributed by atoms with Gasteiger partial charge in [0.2, 0.25) is 5.95 Å². The van der Waals surface area contributed by atoms with Crippen molar-refractivity contribution in [3.63, 3.8) is 0 Å². The van der Waals surface area contributed by atoms with E-state index in [1.165, 1.54) is 6.07 Å². The summed E-state index contributed by atoms with van der Waals surface area (Å²) in [5.74, 6) is 0.835. The van der Waals surface area contributed by atoms with Crippen LogP contribution in [0.2, 0.25) is 0 Å². The van der Waals surface area contributed by atoms with E-state index in [0.717, 1.165) is 57.7 Å². The Labute approximate surface area is 222 Å². The normalized spacial score (nSPS) is 16.8. The number of hydrogen-bond donors (Lipinski definition) is 2. The Balaban J connectivity index is 1.19. The van der Waals surface area contributed by atoms with Gasteiger partial charge in [-0.3, -0.25) is 4.90 Å². The lowest BCUT2D eigenvalue weighted by atomic mass is 10.1. The molecule has 0 radical (unpaired) electrons. The van der Waals surface area contributed by atoms with Gasteiger partial charge in [0, 0.05) is 56.0 Å². The summed E-state index contributed by atoms with van der Waals surface area (Å²) in [7, 11) is 0. The van der Waals surface area contributed by atoms with Gasteiger partial charge in [0.25, 0.3) is 0 Å². The zero-order valence-corrected chi connectivity index (χ0v) is 21.4. The first-order chi connectivity index (χ1) is 18.6. The Morgan fingerprint density at radius 1 is 1.00 bits per heavy atom. The number of morpholine rings is 1. The zero-order valence-electron chi connectivity index (χ0n) is 21.4. The average molecular weight is 524 g/mol. The molecule has 38 heavy (non-hydrogen) atoms. The number of benzene rings is 2. The predicted molar refractivity (Wildman–Crippen MR) is 143 cm³/mol. The van der Waals surface area contributed by atoms with Crippen LogP contribution in [-0.4, -0.2) is 73.6 Å². The van der Waals surface area contributed by atoms with Gasteiger partial charge in [-0.1, -0.05) is 0 Å². The third-order valence-corrected chi connectivity index (χ3v) is 6.59. The van der Waals surface area contributed by atoms with Crippen molar-refractivity contribution >= 4 is 17.3 Å². The summed E-state index contributed by atoms with van der Waals surface area (Å²) in [6, 6.07) is 12.1. The van der Waals surface area contributed by atoms with Gasteiger partial charge >= 0.3 is 0 Å². The van der Waals surface area contributed by atoms with E-state index in [0.29, 0.717) is 48.6 Å². The Hall–Kier alpha value is -3.47. The number of nitrogens with two attached hydrogens (primary N) is 1. The maximum Gasteiger partial charge on any atom is 0.227 e. The van der Waals surface area contributed by atoms with E-state index in [4.69, 9.17) is 24.7 Å². The van der Waals surface area contributed by atoms with E-state index in [1.54, 1.807) is 18.3 Å². The standard InChI is InChI=1S/C28H34FN5O4/c29-23-4-3-21(19-27(23)37-13-1-10-34-11-16-36-17-12-34)32-28-31-9-6-25(33-28)20-2-5-26(24(30)18-20)38-22-7-14-35-15-8-22/h2-6,9,18-19,22H,1,7-8,10-17,30H2,(H,31,32,33). The number of rotatable bonds is 10. The van der Waals surface area contributed by atoms with Crippen molar-refractivity contribution in [1.82, 2.24) is 14.9 Å². The Morgan fingerprint density at radius 3 is 2.63 bits per heavy atom. The van der Waals surface area contributed by atoms with Gasteiger partial charge in [-0.15, -0.1) is 0 Å². The molecule has 0 amide bonds. The molecule has 3 N–H and O–H groups in total. The van der Waals surface area contributed by atoms with Crippen molar-refractivity contribution < 1.29 is 23.3 Å². The summed E-state index contributed by atoms with van der Waals surface area (Å²) in [6.07, 6.45) is 4.30. The van der Waals surface area contributed by atoms with Crippen molar-refractivity contribution in [1.29, 1.82) is 0 Å². The van der Waals surface area contributed by atoms with Crippen LogP contribution in [0.4, 0.5) is 21.7 Å². The number of aromatic nitrogens is 2. The molecule has 2 aliphatic heterocycles. The average Bonchev–Trinajstić information content (AvgIpc) is 2.95. The van der Waals surface area contributed by atoms with Gasteiger partial charge in [-0.25, -0.2) is 14.4 Å². The van der Waals surface area contributed by atoms with Gasteiger partial charge in [0.15, 0.2) is 11.6 Å².